The van der Waals surface area contributed by atoms with Crippen molar-refractivity contribution in [2.45, 2.75) is 4.90 Å². The summed E-state index contributed by atoms with van der Waals surface area (Å²) in [5.41, 5.74) is 0.0966. The van der Waals surface area contributed by atoms with Crippen molar-refractivity contribution < 1.29 is 27.7 Å². The van der Waals surface area contributed by atoms with Crippen molar-refractivity contribution >= 4 is 33.4 Å². The van der Waals surface area contributed by atoms with Gasteiger partial charge in [-0.05, 0) is 36.4 Å². The molecule has 138 valence electrons. The summed E-state index contributed by atoms with van der Waals surface area (Å²) in [7, 11) is -4.44. The van der Waals surface area contributed by atoms with Crippen LogP contribution in [0.4, 0.5) is 11.4 Å². The van der Waals surface area contributed by atoms with Crippen molar-refractivity contribution in [3.8, 4) is 6.07 Å². The van der Waals surface area contributed by atoms with Crippen LogP contribution in [0.5, 0.6) is 0 Å². The first-order valence-corrected chi connectivity index (χ1v) is 8.74. The summed E-state index contributed by atoms with van der Waals surface area (Å²) in [5, 5.41) is 23.1. The van der Waals surface area contributed by atoms with Crippen LogP contribution in [-0.2, 0) is 14.9 Å². The van der Waals surface area contributed by atoms with E-state index in [1.807, 2.05) is 0 Å². The quantitative estimate of drug-likeness (QED) is 0.333. The predicted octanol–water partition coefficient (Wildman–Crippen LogP) is 2.09. The molecular weight excluding hydrogens is 374 g/mol. The first-order valence-electron chi connectivity index (χ1n) is 7.30. The Morgan fingerprint density at radius 2 is 1.74 bits per heavy atom. The van der Waals surface area contributed by atoms with E-state index in [1.165, 1.54) is 30.3 Å². The van der Waals surface area contributed by atoms with Crippen molar-refractivity contribution in [3.63, 3.8) is 0 Å². The molecule has 0 fully saturated rings. The zero-order valence-electron chi connectivity index (χ0n) is 13.6. The molecule has 0 atom stereocenters. The zero-order chi connectivity index (χ0) is 20.0. The fraction of sp³-hybridized carbons (Fsp3) is 0. The molecule has 10 heteroatoms. The lowest BCUT2D eigenvalue weighted by molar-refractivity contribution is -0.112. The van der Waals surface area contributed by atoms with Crippen molar-refractivity contribution in [3.05, 3.63) is 65.9 Å². The average molecular weight is 387 g/mol. The molecular formula is C17H13N3O6S. The summed E-state index contributed by atoms with van der Waals surface area (Å²) in [5.74, 6) is -1.95. The van der Waals surface area contributed by atoms with Crippen LogP contribution in [0, 0.1) is 11.3 Å². The maximum absolute atomic E-state index is 12.2. The third-order valence-corrected chi connectivity index (χ3v) is 4.10. The number of amides is 1. The van der Waals surface area contributed by atoms with E-state index in [-0.39, 0.29) is 16.8 Å². The molecule has 2 aromatic carbocycles. The Morgan fingerprint density at radius 1 is 1.07 bits per heavy atom. The molecule has 0 heterocycles. The van der Waals surface area contributed by atoms with Gasteiger partial charge in [-0.25, -0.2) is 4.79 Å². The van der Waals surface area contributed by atoms with Crippen LogP contribution < -0.4 is 10.6 Å². The summed E-state index contributed by atoms with van der Waals surface area (Å²) >= 11 is 0. The Labute approximate surface area is 154 Å². The number of hydrogen-bond donors (Lipinski definition) is 4. The van der Waals surface area contributed by atoms with E-state index < -0.39 is 26.9 Å². The fourth-order valence-corrected chi connectivity index (χ4v) is 2.51. The summed E-state index contributed by atoms with van der Waals surface area (Å²) < 4.78 is 31.3. The Bertz CT molecular complexity index is 1070. The summed E-state index contributed by atoms with van der Waals surface area (Å²) in [6.07, 6.45) is 1.09. The Hall–Kier alpha value is -3.68. The number of benzene rings is 2. The van der Waals surface area contributed by atoms with Crippen LogP contribution in [0.1, 0.15) is 10.4 Å². The van der Waals surface area contributed by atoms with Gasteiger partial charge in [0.25, 0.3) is 16.0 Å². The molecule has 0 aliphatic rings. The van der Waals surface area contributed by atoms with Gasteiger partial charge in [-0.2, -0.15) is 13.7 Å². The number of carboxylic acids is 1. The Morgan fingerprint density at radius 3 is 2.37 bits per heavy atom. The molecule has 0 bridgehead atoms. The minimum absolute atomic E-state index is 0.0263. The van der Waals surface area contributed by atoms with Gasteiger partial charge in [0.1, 0.15) is 11.6 Å². The van der Waals surface area contributed by atoms with Gasteiger partial charge in [-0.1, -0.05) is 12.1 Å². The largest absolute Gasteiger partial charge is 0.478 e. The topological polar surface area (TPSA) is 157 Å². The molecule has 0 aromatic heterocycles. The third kappa shape index (κ3) is 5.40. The molecule has 0 saturated carbocycles. The van der Waals surface area contributed by atoms with Gasteiger partial charge in [0.15, 0.2) is 0 Å². The van der Waals surface area contributed by atoms with E-state index in [9.17, 15) is 18.0 Å². The van der Waals surface area contributed by atoms with Gasteiger partial charge in [0.2, 0.25) is 0 Å². The monoisotopic (exact) mass is 387 g/mol. The minimum Gasteiger partial charge on any atom is -0.478 e. The minimum atomic E-state index is -4.44. The Balaban J connectivity index is 2.17. The summed E-state index contributed by atoms with van der Waals surface area (Å²) in [6.45, 7) is 0. The Kier molecular flexibility index (Phi) is 5.92. The highest BCUT2D eigenvalue weighted by Gasteiger charge is 2.13. The number of nitriles is 1. The van der Waals surface area contributed by atoms with Gasteiger partial charge >= 0.3 is 5.97 Å². The van der Waals surface area contributed by atoms with Gasteiger partial charge in [0, 0.05) is 17.6 Å². The predicted molar refractivity (Wildman–Crippen MR) is 95.6 cm³/mol. The van der Waals surface area contributed by atoms with Crippen molar-refractivity contribution in [1.29, 1.82) is 5.26 Å². The number of carbonyl (C=O) groups is 2. The molecule has 0 saturated heterocycles. The second-order valence-corrected chi connectivity index (χ2v) is 6.58. The SMILES string of the molecule is N#C/C(=C/Nc1cccc(C(=O)O)c1)C(=O)Nc1cccc(S(=O)(=O)O)c1. The lowest BCUT2D eigenvalue weighted by atomic mass is 10.2. The first-order chi connectivity index (χ1) is 12.7. The van der Waals surface area contributed by atoms with Gasteiger partial charge in [-0.15, -0.1) is 0 Å². The number of rotatable bonds is 6. The lowest BCUT2D eigenvalue weighted by Crippen LogP contribution is -2.15. The standard InChI is InChI=1S/C17H13N3O6S/c18-9-12(10-19-13-4-1-3-11(7-13)17(22)23)16(21)20-14-5-2-6-15(8-14)27(24,25)26/h1-8,10,19H,(H,20,21)(H,22,23)(H,24,25,26)/b12-10-. The molecule has 1 amide bonds. The summed E-state index contributed by atoms with van der Waals surface area (Å²) in [6, 6.07) is 12.3. The van der Waals surface area contributed by atoms with Crippen molar-refractivity contribution in [2.75, 3.05) is 10.6 Å². The number of carboxylic acid groups (broad SMARTS) is 1. The second-order valence-electron chi connectivity index (χ2n) is 5.16. The summed E-state index contributed by atoms with van der Waals surface area (Å²) in [4.78, 5) is 22.7. The van der Waals surface area contributed by atoms with E-state index in [0.29, 0.717) is 5.69 Å². The van der Waals surface area contributed by atoms with E-state index in [4.69, 9.17) is 14.9 Å². The van der Waals surface area contributed by atoms with Gasteiger partial charge in [0.05, 0.1) is 10.5 Å². The van der Waals surface area contributed by atoms with E-state index in [0.717, 1.165) is 18.3 Å². The number of aromatic carboxylic acids is 1. The van der Waals surface area contributed by atoms with Crippen LogP contribution in [0.3, 0.4) is 0 Å². The number of carbonyl (C=O) groups excluding carboxylic acids is 1. The van der Waals surface area contributed by atoms with Crippen LogP contribution in [0.2, 0.25) is 0 Å². The molecule has 0 aliphatic carbocycles. The van der Waals surface area contributed by atoms with Crippen LogP contribution in [-0.4, -0.2) is 30.0 Å². The van der Waals surface area contributed by atoms with Gasteiger partial charge in [-0.3, -0.25) is 9.35 Å². The number of nitrogens with zero attached hydrogens (tertiary/aromatic N) is 1. The van der Waals surface area contributed by atoms with Crippen molar-refractivity contribution in [1.82, 2.24) is 0 Å². The van der Waals surface area contributed by atoms with E-state index in [2.05, 4.69) is 10.6 Å². The number of hydrogen-bond acceptors (Lipinski definition) is 6. The third-order valence-electron chi connectivity index (χ3n) is 3.25. The molecule has 0 aliphatic heterocycles. The highest BCUT2D eigenvalue weighted by atomic mass is 32.2. The molecule has 27 heavy (non-hydrogen) atoms. The fourth-order valence-electron chi connectivity index (χ4n) is 1.98. The second kappa shape index (κ2) is 8.13. The molecule has 2 aromatic rings. The first kappa shape index (κ1) is 19.6. The molecule has 0 spiro atoms. The molecule has 9 nitrogen and oxygen atoms in total. The molecule has 4 N–H and O–H groups in total. The van der Waals surface area contributed by atoms with Crippen molar-refractivity contribution in [2.24, 2.45) is 0 Å². The highest BCUT2D eigenvalue weighted by Crippen LogP contribution is 2.16. The average Bonchev–Trinajstić information content (AvgIpc) is 2.62. The number of anilines is 2. The smallest absolute Gasteiger partial charge is 0.335 e. The lowest BCUT2D eigenvalue weighted by Gasteiger charge is -2.07. The van der Waals surface area contributed by atoms with Gasteiger partial charge < -0.3 is 15.7 Å². The maximum Gasteiger partial charge on any atom is 0.335 e. The van der Waals surface area contributed by atoms with Crippen LogP contribution in [0.25, 0.3) is 0 Å². The molecule has 2 rings (SSSR count). The maximum atomic E-state index is 12.2. The van der Waals surface area contributed by atoms with E-state index >= 15 is 0 Å². The number of nitrogens with one attached hydrogen (secondary N) is 2. The molecule has 0 unspecified atom stereocenters. The zero-order valence-corrected chi connectivity index (χ0v) is 14.4. The van der Waals surface area contributed by atoms with E-state index in [1.54, 1.807) is 12.1 Å². The van der Waals surface area contributed by atoms with Crippen LogP contribution >= 0.6 is 0 Å². The normalized spacial score (nSPS) is 11.3. The molecule has 0 radical (unpaired) electrons. The highest BCUT2D eigenvalue weighted by molar-refractivity contribution is 7.85. The van der Waals surface area contributed by atoms with Crippen LogP contribution in [0.15, 0.2) is 65.2 Å².